The summed E-state index contributed by atoms with van der Waals surface area (Å²) in [6, 6.07) is 5.36. The van der Waals surface area contributed by atoms with Crippen molar-refractivity contribution in [3.8, 4) is 5.75 Å². The average Bonchev–Trinajstić information content (AvgIpc) is 2.44. The van der Waals surface area contributed by atoms with E-state index in [0.717, 1.165) is 13.1 Å². The summed E-state index contributed by atoms with van der Waals surface area (Å²) >= 11 is 0. The van der Waals surface area contributed by atoms with Crippen molar-refractivity contribution in [3.05, 3.63) is 29.8 Å². The lowest BCUT2D eigenvalue weighted by molar-refractivity contribution is -0.274. The van der Waals surface area contributed by atoms with Gasteiger partial charge in [0.2, 0.25) is 0 Å². The maximum atomic E-state index is 12.2. The van der Waals surface area contributed by atoms with Crippen LogP contribution in [-0.4, -0.2) is 55.4 Å². The van der Waals surface area contributed by atoms with E-state index in [1.165, 1.54) is 18.2 Å². The first kappa shape index (κ1) is 16.4. The van der Waals surface area contributed by atoms with Crippen LogP contribution in [0.2, 0.25) is 0 Å². The highest BCUT2D eigenvalue weighted by Gasteiger charge is 2.31. The van der Waals surface area contributed by atoms with Gasteiger partial charge in [0, 0.05) is 32.7 Å². The second-order valence-corrected chi connectivity index (χ2v) is 5.14. The second-order valence-electron chi connectivity index (χ2n) is 5.14. The van der Waals surface area contributed by atoms with E-state index in [2.05, 4.69) is 15.0 Å². The van der Waals surface area contributed by atoms with Gasteiger partial charge in [0.1, 0.15) is 5.75 Å². The third kappa shape index (κ3) is 5.10. The summed E-state index contributed by atoms with van der Waals surface area (Å²) in [4.78, 5) is 15.8. The molecular formula is C14H18F3N3O2. The lowest BCUT2D eigenvalue weighted by atomic mass is 10.2. The largest absolute Gasteiger partial charge is 0.573 e. The van der Waals surface area contributed by atoms with Crippen LogP contribution in [0.3, 0.4) is 0 Å². The molecule has 0 bridgehead atoms. The number of benzene rings is 1. The molecule has 8 heteroatoms. The van der Waals surface area contributed by atoms with Crippen LogP contribution >= 0.6 is 0 Å². The van der Waals surface area contributed by atoms with Crippen LogP contribution in [0.5, 0.6) is 5.75 Å². The van der Waals surface area contributed by atoms with Crippen LogP contribution in [0.4, 0.5) is 18.0 Å². The van der Waals surface area contributed by atoms with Gasteiger partial charge in [0.05, 0.1) is 0 Å². The molecule has 1 aliphatic heterocycles. The number of piperazine rings is 1. The van der Waals surface area contributed by atoms with Crippen molar-refractivity contribution in [1.29, 1.82) is 0 Å². The zero-order valence-electron chi connectivity index (χ0n) is 12.2. The van der Waals surface area contributed by atoms with Crippen molar-refractivity contribution < 1.29 is 22.7 Å². The SMILES string of the molecule is CN1CCN(C(=O)NCc2cccc(OC(F)(F)F)c2)CC1. The predicted molar refractivity (Wildman–Crippen MR) is 74.4 cm³/mol. The lowest BCUT2D eigenvalue weighted by Crippen LogP contribution is -2.50. The Morgan fingerprint density at radius 3 is 2.59 bits per heavy atom. The number of carbonyl (C=O) groups is 1. The number of halogens is 3. The zero-order chi connectivity index (χ0) is 16.2. The Morgan fingerprint density at radius 1 is 1.27 bits per heavy atom. The van der Waals surface area contributed by atoms with Crippen molar-refractivity contribution in [2.45, 2.75) is 12.9 Å². The van der Waals surface area contributed by atoms with Gasteiger partial charge >= 0.3 is 12.4 Å². The Kier molecular flexibility index (Phi) is 5.12. The number of nitrogens with zero attached hydrogens (tertiary/aromatic N) is 2. The second kappa shape index (κ2) is 6.87. The number of rotatable bonds is 3. The van der Waals surface area contributed by atoms with Gasteiger partial charge in [-0.3, -0.25) is 0 Å². The van der Waals surface area contributed by atoms with Crippen molar-refractivity contribution in [3.63, 3.8) is 0 Å². The summed E-state index contributed by atoms with van der Waals surface area (Å²) in [5.74, 6) is -0.293. The topological polar surface area (TPSA) is 44.8 Å². The Hall–Kier alpha value is -1.96. The number of carbonyl (C=O) groups excluding carboxylic acids is 1. The van der Waals surface area contributed by atoms with Crippen LogP contribution in [-0.2, 0) is 6.54 Å². The quantitative estimate of drug-likeness (QED) is 0.928. The highest BCUT2D eigenvalue weighted by Crippen LogP contribution is 2.23. The highest BCUT2D eigenvalue weighted by molar-refractivity contribution is 5.74. The van der Waals surface area contributed by atoms with Gasteiger partial charge in [0.25, 0.3) is 0 Å². The summed E-state index contributed by atoms with van der Waals surface area (Å²) < 4.78 is 40.3. The van der Waals surface area contributed by atoms with Crippen molar-refractivity contribution >= 4 is 6.03 Å². The molecule has 5 nitrogen and oxygen atoms in total. The van der Waals surface area contributed by atoms with E-state index in [4.69, 9.17) is 0 Å². The number of urea groups is 1. The fourth-order valence-corrected chi connectivity index (χ4v) is 2.15. The molecule has 1 fully saturated rings. The molecule has 22 heavy (non-hydrogen) atoms. The van der Waals surface area contributed by atoms with Crippen molar-refractivity contribution in [2.75, 3.05) is 33.2 Å². The molecule has 0 atom stereocenters. The molecular weight excluding hydrogens is 299 g/mol. The van der Waals surface area contributed by atoms with E-state index in [-0.39, 0.29) is 18.3 Å². The molecule has 1 N–H and O–H groups in total. The van der Waals surface area contributed by atoms with E-state index < -0.39 is 6.36 Å². The minimum Gasteiger partial charge on any atom is -0.406 e. The summed E-state index contributed by atoms with van der Waals surface area (Å²) in [5.41, 5.74) is 0.546. The third-order valence-corrected chi connectivity index (χ3v) is 3.37. The molecule has 1 aromatic rings. The van der Waals surface area contributed by atoms with Crippen molar-refractivity contribution in [2.24, 2.45) is 0 Å². The average molecular weight is 317 g/mol. The number of nitrogens with one attached hydrogen (secondary N) is 1. The first-order chi connectivity index (χ1) is 10.3. The zero-order valence-corrected chi connectivity index (χ0v) is 12.2. The fourth-order valence-electron chi connectivity index (χ4n) is 2.15. The minimum atomic E-state index is -4.72. The highest BCUT2D eigenvalue weighted by atomic mass is 19.4. The van der Waals surface area contributed by atoms with Crippen molar-refractivity contribution in [1.82, 2.24) is 15.1 Å². The molecule has 0 spiro atoms. The van der Waals surface area contributed by atoms with Gasteiger partial charge in [0.15, 0.2) is 0 Å². The molecule has 0 aromatic heterocycles. The first-order valence-corrected chi connectivity index (χ1v) is 6.89. The van der Waals surface area contributed by atoms with Gasteiger partial charge in [-0.05, 0) is 24.7 Å². The fraction of sp³-hybridized carbons (Fsp3) is 0.500. The smallest absolute Gasteiger partial charge is 0.406 e. The number of likely N-dealkylation sites (N-methyl/N-ethyl adjacent to an activating group) is 1. The molecule has 0 unspecified atom stereocenters. The maximum Gasteiger partial charge on any atom is 0.573 e. The molecule has 1 aromatic carbocycles. The Balaban J connectivity index is 1.86. The molecule has 2 amide bonds. The van der Waals surface area contributed by atoms with E-state index in [9.17, 15) is 18.0 Å². The van der Waals surface area contributed by atoms with Gasteiger partial charge in [-0.15, -0.1) is 13.2 Å². The number of alkyl halides is 3. The van der Waals surface area contributed by atoms with E-state index in [1.54, 1.807) is 11.0 Å². The normalized spacial score (nSPS) is 16.5. The van der Waals surface area contributed by atoms with Gasteiger partial charge in [-0.1, -0.05) is 12.1 Å². The molecule has 1 saturated heterocycles. The molecule has 122 valence electrons. The summed E-state index contributed by atoms with van der Waals surface area (Å²) in [6.45, 7) is 3.05. The maximum absolute atomic E-state index is 12.2. The number of hydrogen-bond donors (Lipinski definition) is 1. The molecule has 0 aliphatic carbocycles. The van der Waals surface area contributed by atoms with Crippen LogP contribution in [0.25, 0.3) is 0 Å². The molecule has 1 aliphatic rings. The van der Waals surface area contributed by atoms with Gasteiger partial charge in [-0.25, -0.2) is 4.79 Å². The Bertz CT molecular complexity index is 514. The molecule has 0 saturated carbocycles. The van der Waals surface area contributed by atoms with Crippen LogP contribution in [0.1, 0.15) is 5.56 Å². The van der Waals surface area contributed by atoms with Gasteiger partial charge < -0.3 is 19.9 Å². The molecule has 0 radical (unpaired) electrons. The summed E-state index contributed by atoms with van der Waals surface area (Å²) in [7, 11) is 1.99. The molecule has 1 heterocycles. The molecule has 2 rings (SSSR count). The van der Waals surface area contributed by atoms with Gasteiger partial charge in [-0.2, -0.15) is 0 Å². The Morgan fingerprint density at radius 2 is 1.95 bits per heavy atom. The number of ether oxygens (including phenoxy) is 1. The van der Waals surface area contributed by atoms with Crippen LogP contribution < -0.4 is 10.1 Å². The monoisotopic (exact) mass is 317 g/mol. The Labute approximate surface area is 126 Å². The van der Waals surface area contributed by atoms with E-state index in [1.807, 2.05) is 7.05 Å². The standard InChI is InChI=1S/C14H18F3N3O2/c1-19-5-7-20(8-6-19)13(21)18-10-11-3-2-4-12(9-11)22-14(15,16)17/h2-4,9H,5-8,10H2,1H3,(H,18,21). The van der Waals surface area contributed by atoms with E-state index in [0.29, 0.717) is 18.7 Å². The number of amides is 2. The lowest BCUT2D eigenvalue weighted by Gasteiger charge is -2.32. The summed E-state index contributed by atoms with van der Waals surface area (Å²) in [6.07, 6.45) is -4.72. The van der Waals surface area contributed by atoms with Crippen LogP contribution in [0, 0.1) is 0 Å². The summed E-state index contributed by atoms with van der Waals surface area (Å²) in [5, 5.41) is 2.71. The minimum absolute atomic E-state index is 0.153. The predicted octanol–water partition coefficient (Wildman–Crippen LogP) is 2.04. The number of hydrogen-bond acceptors (Lipinski definition) is 3. The van der Waals surface area contributed by atoms with Crippen LogP contribution in [0.15, 0.2) is 24.3 Å². The van der Waals surface area contributed by atoms with E-state index >= 15 is 0 Å². The third-order valence-electron chi connectivity index (χ3n) is 3.37. The first-order valence-electron chi connectivity index (χ1n) is 6.89.